The lowest BCUT2D eigenvalue weighted by Gasteiger charge is -2.50. The summed E-state index contributed by atoms with van der Waals surface area (Å²) in [6.45, 7) is 5.58. The van der Waals surface area contributed by atoms with Crippen molar-refractivity contribution in [2.75, 3.05) is 26.4 Å². The Hall–Kier alpha value is -3.05. The molecule has 118 heavy (non-hydrogen) atoms. The van der Waals surface area contributed by atoms with Crippen molar-refractivity contribution in [1.29, 1.82) is 0 Å². The van der Waals surface area contributed by atoms with Crippen LogP contribution in [0.4, 0.5) is 0 Å². The van der Waals surface area contributed by atoms with Crippen molar-refractivity contribution in [3.8, 4) is 0 Å². The number of esters is 4. The van der Waals surface area contributed by atoms with Crippen molar-refractivity contribution in [2.24, 2.45) is 0 Å². The number of phosphoric ester groups is 1. The van der Waals surface area contributed by atoms with Crippen LogP contribution in [0.2, 0.25) is 0 Å². The molecule has 0 aromatic carbocycles. The smallest absolute Gasteiger partial charge is 0.463 e. The first-order chi connectivity index (χ1) is 57.2. The highest BCUT2D eigenvalue weighted by Gasteiger charge is 2.60. The second-order valence-corrected chi connectivity index (χ2v) is 35.3. The van der Waals surface area contributed by atoms with E-state index < -0.39 is 162 Å². The molecule has 0 amide bonds. The minimum absolute atomic E-state index is 0.00550. The Kier molecular flexibility index (Phi) is 65.8. The highest BCUT2D eigenvalue weighted by atomic mass is 31.2. The van der Waals surface area contributed by atoms with Crippen LogP contribution in [0.5, 0.6) is 0 Å². The molecule has 2 heterocycles. The van der Waals surface area contributed by atoms with Crippen molar-refractivity contribution in [3.05, 3.63) is 24.3 Å². The summed E-state index contributed by atoms with van der Waals surface area (Å²) in [6, 6.07) is 0. The summed E-state index contributed by atoms with van der Waals surface area (Å²) in [4.78, 5) is 66.5. The maximum absolute atomic E-state index is 14.9. The number of ether oxygens (including phenoxy) is 8. The fraction of sp³-hybridized carbons (Fsp3) is 0.913. The third-order valence-electron chi connectivity index (χ3n) is 23.2. The predicted molar refractivity (Wildman–Crippen MR) is 458 cm³/mol. The minimum atomic E-state index is -5.81. The molecule has 0 aromatic rings. The van der Waals surface area contributed by atoms with Gasteiger partial charge in [0, 0.05) is 25.7 Å². The summed E-state index contributed by atoms with van der Waals surface area (Å²) in [6.07, 6.45) is 31.6. The molecule has 18 atom stereocenters. The molecule has 3 aliphatic rings. The van der Waals surface area contributed by atoms with E-state index in [1.807, 2.05) is 0 Å². The number of allylic oxidation sites excluding steroid dienone is 4. The van der Waals surface area contributed by atoms with Crippen molar-refractivity contribution in [1.82, 2.24) is 0 Å². The maximum atomic E-state index is 14.9. The Morgan fingerprint density at radius 2 is 0.636 bits per heavy atom. The first-order valence-electron chi connectivity index (χ1n) is 47.6. The van der Waals surface area contributed by atoms with Crippen molar-refractivity contribution in [2.45, 2.75) is 511 Å². The number of aliphatic hydroxyl groups excluding tert-OH is 9. The Morgan fingerprint density at radius 3 is 1.03 bits per heavy atom. The first-order valence-corrected chi connectivity index (χ1v) is 49.1. The van der Waals surface area contributed by atoms with Crippen LogP contribution in [0.3, 0.4) is 0 Å². The molecule has 25 nitrogen and oxygen atoms in total. The molecule has 10 N–H and O–H groups in total. The van der Waals surface area contributed by atoms with Gasteiger partial charge in [-0.25, -0.2) is 4.57 Å². The van der Waals surface area contributed by atoms with Gasteiger partial charge in [0.2, 0.25) is 0 Å². The summed E-state index contributed by atoms with van der Waals surface area (Å²) < 4.78 is 73.4. The lowest BCUT2D eigenvalue weighted by molar-refractivity contribution is -0.360. The molecule has 2 aliphatic heterocycles. The standard InChI is InChI=1S/C92H169O25P/c1-5-9-13-17-21-25-29-33-36-39-43-47-51-55-59-63-67-78(97)114-87-83(102)84(103)88(115-91-85(104)81(100)79(98)73(68-93)112-91)90(89(87)116-92-86(105)82(101)80(99)74(113-92)71-109-76(95)65-61-57-53-49-44-40-32-28-24-20-16-12-8-4)117-118(106,107)110-70-72(111-77(96)66-62-58-54-50-46-42-38-35-31-27-23-19-15-11-7-3)69-108-75(94)64-60-56-52-48-45-41-37-34-30-26-22-18-14-10-6-2/h27,31,40,44,72-74,79-93,98-105H,5-26,28-30,32-39,41-43,45-71H2,1-4H3,(H,106,107)/b31-27-,44-40-. The average Bonchev–Trinajstić information content (AvgIpc) is 0.755. The minimum Gasteiger partial charge on any atom is -0.463 e. The van der Waals surface area contributed by atoms with Gasteiger partial charge in [-0.1, -0.05) is 328 Å². The highest BCUT2D eigenvalue weighted by molar-refractivity contribution is 7.47. The molecule has 1 aliphatic carbocycles. The van der Waals surface area contributed by atoms with Crippen LogP contribution in [0.1, 0.15) is 407 Å². The number of carbonyl (C=O) groups is 4. The van der Waals surface area contributed by atoms with E-state index >= 15 is 0 Å². The SMILES string of the molecule is CCCCCC/C=C\CCCCCCCCCC(=O)OC(COC(=O)CCCCCCCCCCCCCCCCC)COP(=O)(O)OC1C(OC2OC(CO)C(O)C(O)C2O)C(O)C(O)C(OC(=O)CCCCCCCCCCCCCCCCCC)C1OC1OC(COC(=O)CCCCC/C=C\CCCCCCCC)C(O)C(O)C1O. The predicted octanol–water partition coefficient (Wildman–Crippen LogP) is 17.7. The molecule has 3 fully saturated rings. The largest absolute Gasteiger partial charge is 0.472 e. The lowest BCUT2D eigenvalue weighted by Crippen LogP contribution is -2.70. The van der Waals surface area contributed by atoms with Gasteiger partial charge in [0.15, 0.2) is 24.8 Å². The maximum Gasteiger partial charge on any atom is 0.472 e. The molecule has 692 valence electrons. The molecular formula is C92H169O25P. The highest BCUT2D eigenvalue weighted by Crippen LogP contribution is 2.49. The van der Waals surface area contributed by atoms with E-state index in [0.29, 0.717) is 44.9 Å². The van der Waals surface area contributed by atoms with Gasteiger partial charge in [0.25, 0.3) is 0 Å². The lowest BCUT2D eigenvalue weighted by atomic mass is 9.84. The van der Waals surface area contributed by atoms with Gasteiger partial charge in [-0.3, -0.25) is 28.2 Å². The molecule has 0 spiro atoms. The molecule has 26 heteroatoms. The van der Waals surface area contributed by atoms with E-state index in [4.69, 9.17) is 46.9 Å². The summed E-state index contributed by atoms with van der Waals surface area (Å²) in [5, 5.41) is 102. The van der Waals surface area contributed by atoms with Crippen LogP contribution in [0.15, 0.2) is 24.3 Å². The van der Waals surface area contributed by atoms with Gasteiger partial charge >= 0.3 is 31.7 Å². The Labute approximate surface area is 711 Å². The van der Waals surface area contributed by atoms with E-state index in [1.165, 1.54) is 173 Å². The van der Waals surface area contributed by atoms with Gasteiger partial charge in [0.1, 0.15) is 92.6 Å². The zero-order chi connectivity index (χ0) is 86.1. The number of hydrogen-bond donors (Lipinski definition) is 10. The molecular weight excluding hydrogens is 1540 g/mol. The molecule has 0 radical (unpaired) electrons. The zero-order valence-corrected chi connectivity index (χ0v) is 74.6. The van der Waals surface area contributed by atoms with E-state index in [1.54, 1.807) is 0 Å². The number of aliphatic hydroxyl groups is 9. The zero-order valence-electron chi connectivity index (χ0n) is 73.7. The van der Waals surface area contributed by atoms with Gasteiger partial charge < -0.3 is 88.7 Å². The molecule has 3 rings (SSSR count). The molecule has 0 bridgehead atoms. The Morgan fingerprint density at radius 1 is 0.331 bits per heavy atom. The summed E-state index contributed by atoms with van der Waals surface area (Å²) in [7, 11) is -5.81. The van der Waals surface area contributed by atoms with Crippen LogP contribution < -0.4 is 0 Å². The molecule has 1 saturated carbocycles. The van der Waals surface area contributed by atoms with E-state index in [0.717, 1.165) is 135 Å². The van der Waals surface area contributed by atoms with Crippen molar-refractivity contribution in [3.63, 3.8) is 0 Å². The normalized spacial score (nSPS) is 25.0. The van der Waals surface area contributed by atoms with Crippen LogP contribution in [-0.2, 0) is 70.7 Å². The van der Waals surface area contributed by atoms with Gasteiger partial charge in [-0.2, -0.15) is 0 Å². The number of rotatable bonds is 77. The van der Waals surface area contributed by atoms with E-state index in [2.05, 4.69) is 52.0 Å². The quantitative estimate of drug-likeness (QED) is 0.00889. The second-order valence-electron chi connectivity index (χ2n) is 33.9. The van der Waals surface area contributed by atoms with Crippen LogP contribution >= 0.6 is 7.82 Å². The third kappa shape index (κ3) is 50.8. The number of unbranched alkanes of at least 4 members (excludes halogenated alkanes) is 49. The van der Waals surface area contributed by atoms with Crippen molar-refractivity contribution < 1.29 is 122 Å². The summed E-state index contributed by atoms with van der Waals surface area (Å²) >= 11 is 0. The summed E-state index contributed by atoms with van der Waals surface area (Å²) in [5.41, 5.74) is 0. The molecule has 2 saturated heterocycles. The number of hydrogen-bond acceptors (Lipinski definition) is 24. The fourth-order valence-electron chi connectivity index (χ4n) is 15.6. The van der Waals surface area contributed by atoms with Crippen LogP contribution in [-0.4, -0.2) is 205 Å². The monoisotopic (exact) mass is 1710 g/mol. The van der Waals surface area contributed by atoms with Crippen molar-refractivity contribution >= 4 is 31.7 Å². The van der Waals surface area contributed by atoms with E-state index in [9.17, 15) is 74.6 Å². The molecule has 18 unspecified atom stereocenters. The van der Waals surface area contributed by atoms with Crippen LogP contribution in [0.25, 0.3) is 0 Å². The average molecular weight is 1710 g/mol. The third-order valence-corrected chi connectivity index (χ3v) is 24.2. The Bertz CT molecular complexity index is 2550. The number of carbonyl (C=O) groups excluding carboxylic acids is 4. The Balaban J connectivity index is 1.92. The van der Waals surface area contributed by atoms with E-state index in [-0.39, 0.29) is 25.7 Å². The molecule has 0 aromatic heterocycles. The van der Waals surface area contributed by atoms with Crippen LogP contribution in [0, 0.1) is 0 Å². The second kappa shape index (κ2) is 71.1. The topological polar surface area (TPSA) is 380 Å². The summed E-state index contributed by atoms with van der Waals surface area (Å²) in [5.74, 6) is -2.98. The fourth-order valence-corrected chi connectivity index (χ4v) is 16.6. The first kappa shape index (κ1) is 109. The van der Waals surface area contributed by atoms with Gasteiger partial charge in [-0.05, 0) is 77.0 Å². The van der Waals surface area contributed by atoms with Gasteiger partial charge in [-0.15, -0.1) is 0 Å². The van der Waals surface area contributed by atoms with Gasteiger partial charge in [0.05, 0.1) is 13.2 Å². The number of phosphoric acid groups is 1.